The molecule has 0 spiro atoms. The van der Waals surface area contributed by atoms with Crippen LogP contribution < -0.4 is 0 Å². The molecule has 0 fully saturated rings. The first-order valence-corrected chi connectivity index (χ1v) is 11.4. The minimum absolute atomic E-state index is 0.0621. The molecule has 0 bridgehead atoms. The zero-order valence-electron chi connectivity index (χ0n) is 20.7. The van der Waals surface area contributed by atoms with Crippen LogP contribution in [0.3, 0.4) is 0 Å². The van der Waals surface area contributed by atoms with Gasteiger partial charge in [-0.3, -0.25) is 4.79 Å². The first-order chi connectivity index (χ1) is 17.0. The van der Waals surface area contributed by atoms with Gasteiger partial charge in [-0.2, -0.15) is 0 Å². The molecule has 0 radical (unpaired) electrons. The predicted molar refractivity (Wildman–Crippen MR) is 133 cm³/mol. The topological polar surface area (TPSA) is 145 Å². The summed E-state index contributed by atoms with van der Waals surface area (Å²) in [6, 6.07) is 13.8. The number of aromatic nitrogens is 2. The summed E-state index contributed by atoms with van der Waals surface area (Å²) < 4.78 is 6.74. The molecule has 3 aromatic rings. The molecule has 10 nitrogen and oxygen atoms in total. The summed E-state index contributed by atoms with van der Waals surface area (Å²) >= 11 is 0. The summed E-state index contributed by atoms with van der Waals surface area (Å²) in [5, 5.41) is 28.3. The highest BCUT2D eigenvalue weighted by atomic mass is 16.6. The van der Waals surface area contributed by atoms with Gasteiger partial charge in [0.25, 0.3) is 0 Å². The van der Waals surface area contributed by atoms with Gasteiger partial charge in [0, 0.05) is 6.92 Å². The summed E-state index contributed by atoms with van der Waals surface area (Å²) in [7, 11) is 0. The van der Waals surface area contributed by atoms with Crippen LogP contribution >= 0.6 is 0 Å². The highest BCUT2D eigenvalue weighted by molar-refractivity contribution is 5.90. The van der Waals surface area contributed by atoms with Gasteiger partial charge in [0.1, 0.15) is 30.7 Å². The Morgan fingerprint density at radius 1 is 1.11 bits per heavy atom. The molecule has 1 aromatic heterocycles. The number of carbonyl (C=O) groups excluding carboxylic acids is 1. The van der Waals surface area contributed by atoms with Crippen molar-refractivity contribution in [2.24, 2.45) is 5.92 Å². The van der Waals surface area contributed by atoms with E-state index < -0.39 is 10.9 Å². The van der Waals surface area contributed by atoms with Crippen molar-refractivity contribution < 1.29 is 29.5 Å². The van der Waals surface area contributed by atoms with Crippen molar-refractivity contribution in [3.63, 3.8) is 0 Å². The molecule has 1 heterocycles. The number of phenols is 1. The number of esters is 1. The van der Waals surface area contributed by atoms with Crippen LogP contribution in [-0.2, 0) is 22.5 Å². The number of benzene rings is 2. The lowest BCUT2D eigenvalue weighted by molar-refractivity contribution is -0.392. The fraction of sp³-hybridized carbons (Fsp3) is 0.346. The number of carboxylic acid groups (broad SMARTS) is 1. The number of rotatable bonds is 9. The molecule has 10 heteroatoms. The van der Waals surface area contributed by atoms with Gasteiger partial charge in [-0.05, 0) is 47.4 Å². The molecular formula is C26H31N3O7. The maximum atomic E-state index is 12.3. The SMILES string of the molecule is Cc1ncc([N+](=O)[O-])n1CCOC(=O)[C@@H](C)c1ccc(CC(C)C)cc1.O=C(O)c1ccccc1O. The molecule has 0 aliphatic carbocycles. The van der Waals surface area contributed by atoms with Crippen LogP contribution in [0.1, 0.15) is 54.0 Å². The Morgan fingerprint density at radius 2 is 1.75 bits per heavy atom. The van der Waals surface area contributed by atoms with E-state index in [1.165, 1.54) is 28.5 Å². The summed E-state index contributed by atoms with van der Waals surface area (Å²) in [6.07, 6.45) is 2.21. The first-order valence-electron chi connectivity index (χ1n) is 11.4. The number of nitro groups is 1. The highest BCUT2D eigenvalue weighted by Gasteiger charge is 2.20. The molecule has 0 saturated heterocycles. The number of ether oxygens (including phenoxy) is 1. The molecule has 1 atom stereocenters. The van der Waals surface area contributed by atoms with Crippen LogP contribution in [-0.4, -0.2) is 43.2 Å². The zero-order valence-corrected chi connectivity index (χ0v) is 20.7. The van der Waals surface area contributed by atoms with E-state index in [-0.39, 0.29) is 42.2 Å². The van der Waals surface area contributed by atoms with Gasteiger partial charge < -0.3 is 25.1 Å². The lowest BCUT2D eigenvalue weighted by Gasteiger charge is -2.13. The number of imidazole rings is 1. The Bertz CT molecular complexity index is 1190. The Hall–Kier alpha value is -4.21. The van der Waals surface area contributed by atoms with E-state index >= 15 is 0 Å². The summed E-state index contributed by atoms with van der Waals surface area (Å²) in [5.74, 6) is -1.05. The molecule has 0 aliphatic heterocycles. The number of nitrogens with zero attached hydrogens (tertiary/aromatic N) is 3. The fourth-order valence-electron chi connectivity index (χ4n) is 3.45. The van der Waals surface area contributed by atoms with Crippen LogP contribution in [0.15, 0.2) is 54.7 Å². The quantitative estimate of drug-likeness (QED) is 0.245. The molecule has 0 unspecified atom stereocenters. The monoisotopic (exact) mass is 497 g/mol. The lowest BCUT2D eigenvalue weighted by atomic mass is 9.97. The lowest BCUT2D eigenvalue weighted by Crippen LogP contribution is -2.17. The Morgan fingerprint density at radius 3 is 2.28 bits per heavy atom. The average Bonchev–Trinajstić information content (AvgIpc) is 3.19. The second kappa shape index (κ2) is 13.0. The van der Waals surface area contributed by atoms with E-state index in [1.807, 2.05) is 24.3 Å². The highest BCUT2D eigenvalue weighted by Crippen LogP contribution is 2.19. The molecule has 0 amide bonds. The number of aryl methyl sites for hydroxylation is 1. The van der Waals surface area contributed by atoms with Crippen LogP contribution in [0.5, 0.6) is 5.75 Å². The van der Waals surface area contributed by atoms with E-state index in [0.29, 0.717) is 11.7 Å². The van der Waals surface area contributed by atoms with Crippen molar-refractivity contribution in [1.29, 1.82) is 0 Å². The average molecular weight is 498 g/mol. The normalized spacial score (nSPS) is 11.4. The van der Waals surface area contributed by atoms with Crippen molar-refractivity contribution >= 4 is 17.8 Å². The first kappa shape index (κ1) is 28.0. The zero-order chi connectivity index (χ0) is 26.8. The molecule has 192 valence electrons. The third-order valence-electron chi connectivity index (χ3n) is 5.39. The number of hydrogen-bond acceptors (Lipinski definition) is 7. The maximum absolute atomic E-state index is 12.3. The van der Waals surface area contributed by atoms with Gasteiger partial charge in [0.15, 0.2) is 5.82 Å². The van der Waals surface area contributed by atoms with Gasteiger partial charge in [-0.25, -0.2) is 14.3 Å². The molecule has 2 N–H and O–H groups in total. The summed E-state index contributed by atoms with van der Waals surface area (Å²) in [6.45, 7) is 8.07. The fourth-order valence-corrected chi connectivity index (χ4v) is 3.45. The van der Waals surface area contributed by atoms with Gasteiger partial charge in [0.05, 0.1) is 5.92 Å². The van der Waals surface area contributed by atoms with E-state index in [2.05, 4.69) is 18.8 Å². The number of aromatic hydroxyl groups is 1. The molecule has 3 rings (SSSR count). The van der Waals surface area contributed by atoms with E-state index in [0.717, 1.165) is 12.0 Å². The van der Waals surface area contributed by atoms with Crippen molar-refractivity contribution in [2.75, 3.05) is 6.61 Å². The summed E-state index contributed by atoms with van der Waals surface area (Å²) in [4.78, 5) is 36.9. The molecular weight excluding hydrogens is 466 g/mol. The van der Waals surface area contributed by atoms with Crippen molar-refractivity contribution in [1.82, 2.24) is 9.55 Å². The number of aromatic carboxylic acids is 1. The predicted octanol–water partition coefficient (Wildman–Crippen LogP) is 4.74. The number of hydrogen-bond donors (Lipinski definition) is 2. The van der Waals surface area contributed by atoms with Gasteiger partial charge in [-0.15, -0.1) is 0 Å². The standard InChI is InChI=1S/C19H25N3O4.C7H6O3/c1-13(2)11-16-5-7-17(8-6-16)14(3)19(23)26-10-9-21-15(4)20-12-18(21)22(24)25;8-6-4-2-1-3-5(6)7(9)10/h5-8,12-14H,9-11H2,1-4H3;1-4,8H,(H,9,10)/t14-;/m0./s1. The van der Waals surface area contributed by atoms with E-state index in [9.17, 15) is 19.7 Å². The summed E-state index contributed by atoms with van der Waals surface area (Å²) in [5.41, 5.74) is 2.07. The van der Waals surface area contributed by atoms with Crippen molar-refractivity contribution in [3.8, 4) is 5.75 Å². The number of carbonyl (C=O) groups is 2. The largest absolute Gasteiger partial charge is 0.507 e. The second-order valence-corrected chi connectivity index (χ2v) is 8.62. The minimum atomic E-state index is -1.11. The maximum Gasteiger partial charge on any atom is 0.342 e. The molecule has 2 aromatic carbocycles. The van der Waals surface area contributed by atoms with Crippen molar-refractivity contribution in [3.05, 3.63) is 87.4 Å². The molecule has 0 saturated carbocycles. The van der Waals surface area contributed by atoms with Gasteiger partial charge in [-0.1, -0.05) is 50.2 Å². The van der Waals surface area contributed by atoms with E-state index in [1.54, 1.807) is 26.0 Å². The Labute approximate surface area is 209 Å². The smallest absolute Gasteiger partial charge is 0.342 e. The third kappa shape index (κ3) is 7.93. The van der Waals surface area contributed by atoms with Crippen LogP contribution in [0.25, 0.3) is 0 Å². The van der Waals surface area contributed by atoms with Crippen molar-refractivity contribution in [2.45, 2.75) is 46.6 Å². The minimum Gasteiger partial charge on any atom is -0.507 e. The van der Waals surface area contributed by atoms with Gasteiger partial charge in [0.2, 0.25) is 0 Å². The molecule has 36 heavy (non-hydrogen) atoms. The second-order valence-electron chi connectivity index (χ2n) is 8.62. The third-order valence-corrected chi connectivity index (χ3v) is 5.39. The van der Waals surface area contributed by atoms with Gasteiger partial charge >= 0.3 is 17.8 Å². The van der Waals surface area contributed by atoms with E-state index in [4.69, 9.17) is 14.9 Å². The van der Waals surface area contributed by atoms with Crippen LogP contribution in [0.2, 0.25) is 0 Å². The molecule has 0 aliphatic rings. The Kier molecular flexibility index (Phi) is 10.1. The Balaban J connectivity index is 0.000000380. The van der Waals surface area contributed by atoms with Crippen LogP contribution in [0, 0.1) is 23.0 Å². The number of para-hydroxylation sites is 1. The number of carboxylic acids is 1. The van der Waals surface area contributed by atoms with Crippen LogP contribution in [0.4, 0.5) is 5.82 Å².